The highest BCUT2D eigenvalue weighted by Crippen LogP contribution is 2.31. The first-order valence-corrected chi connectivity index (χ1v) is 9.43. The number of carbonyl (C=O) groups excluding carboxylic acids is 1. The average Bonchev–Trinajstić information content (AvgIpc) is 2.97. The highest BCUT2D eigenvalue weighted by atomic mass is 32.1. The van der Waals surface area contributed by atoms with Crippen LogP contribution in [0.3, 0.4) is 0 Å². The molecule has 0 fully saturated rings. The van der Waals surface area contributed by atoms with Gasteiger partial charge in [-0.2, -0.15) is 0 Å². The number of hydrogen-bond donors (Lipinski definition) is 1. The molecule has 0 saturated carbocycles. The van der Waals surface area contributed by atoms with Crippen LogP contribution in [0.2, 0.25) is 0 Å². The van der Waals surface area contributed by atoms with Crippen molar-refractivity contribution < 1.29 is 13.6 Å². The Bertz CT molecular complexity index is 1070. The van der Waals surface area contributed by atoms with Crippen LogP contribution in [0.4, 0.5) is 8.78 Å². The van der Waals surface area contributed by atoms with E-state index in [1.165, 1.54) is 16.5 Å². The molecule has 2 aromatic heterocycles. The van der Waals surface area contributed by atoms with Gasteiger partial charge in [0.2, 0.25) is 0 Å². The van der Waals surface area contributed by atoms with E-state index in [1.54, 1.807) is 26.8 Å². The number of amides is 1. The summed E-state index contributed by atoms with van der Waals surface area (Å²) >= 11 is 1.12. The fraction of sp³-hybridized carbons (Fsp3) is 0.316. The molecule has 27 heavy (non-hydrogen) atoms. The predicted octanol–water partition coefficient (Wildman–Crippen LogP) is 3.57. The first-order valence-electron chi connectivity index (χ1n) is 8.61. The second-order valence-corrected chi connectivity index (χ2v) is 7.21. The highest BCUT2D eigenvalue weighted by Gasteiger charge is 2.25. The maximum atomic E-state index is 15.1. The summed E-state index contributed by atoms with van der Waals surface area (Å²) < 4.78 is 30.6. The van der Waals surface area contributed by atoms with Crippen LogP contribution in [0.5, 0.6) is 0 Å². The average molecular weight is 391 g/mol. The molecule has 5 nitrogen and oxygen atoms in total. The fourth-order valence-electron chi connectivity index (χ4n) is 3.05. The third-order valence-corrected chi connectivity index (χ3v) is 5.25. The van der Waals surface area contributed by atoms with E-state index in [-0.39, 0.29) is 21.9 Å². The Balaban J connectivity index is 2.16. The van der Waals surface area contributed by atoms with E-state index < -0.39 is 23.5 Å². The lowest BCUT2D eigenvalue weighted by molar-refractivity contribution is 0.0949. The number of fused-ring (bicyclic) bond motifs is 1. The van der Waals surface area contributed by atoms with Crippen LogP contribution in [0.15, 0.2) is 29.1 Å². The molecule has 1 atom stereocenters. The van der Waals surface area contributed by atoms with E-state index in [4.69, 9.17) is 0 Å². The van der Waals surface area contributed by atoms with Crippen molar-refractivity contribution in [3.8, 4) is 0 Å². The molecule has 142 valence electrons. The van der Waals surface area contributed by atoms with E-state index in [2.05, 4.69) is 10.3 Å². The Morgan fingerprint density at radius 3 is 2.78 bits per heavy atom. The molecule has 0 spiro atoms. The smallest absolute Gasteiger partial charge is 0.269 e. The number of aromatic nitrogens is 2. The van der Waals surface area contributed by atoms with Gasteiger partial charge < -0.3 is 5.32 Å². The number of carbonyl (C=O) groups is 1. The number of rotatable bonds is 5. The maximum Gasteiger partial charge on any atom is 0.269 e. The van der Waals surface area contributed by atoms with Crippen molar-refractivity contribution in [1.82, 2.24) is 14.7 Å². The SMILES string of the molecule is CCNC(=O)c1c(C)sc2nc(C(F)c3c(F)cccc3CC)cc(=O)n12. The third kappa shape index (κ3) is 3.37. The lowest BCUT2D eigenvalue weighted by Gasteiger charge is -2.13. The molecule has 1 amide bonds. The van der Waals surface area contributed by atoms with Crippen molar-refractivity contribution in [2.75, 3.05) is 6.54 Å². The van der Waals surface area contributed by atoms with Gasteiger partial charge in [-0.05, 0) is 31.9 Å². The quantitative estimate of drug-likeness (QED) is 0.723. The summed E-state index contributed by atoms with van der Waals surface area (Å²) in [5.74, 6) is -1.06. The Morgan fingerprint density at radius 1 is 1.37 bits per heavy atom. The Morgan fingerprint density at radius 2 is 2.11 bits per heavy atom. The Labute approximate surface area is 158 Å². The van der Waals surface area contributed by atoms with Gasteiger partial charge >= 0.3 is 0 Å². The minimum atomic E-state index is -1.87. The molecule has 0 aliphatic carbocycles. The van der Waals surface area contributed by atoms with E-state index in [1.807, 2.05) is 0 Å². The number of benzene rings is 1. The molecule has 1 aromatic carbocycles. The van der Waals surface area contributed by atoms with Gasteiger partial charge in [0, 0.05) is 23.1 Å². The predicted molar refractivity (Wildman–Crippen MR) is 101 cm³/mol. The molecular weight excluding hydrogens is 372 g/mol. The first-order chi connectivity index (χ1) is 12.9. The highest BCUT2D eigenvalue weighted by molar-refractivity contribution is 7.17. The van der Waals surface area contributed by atoms with Crippen LogP contribution in [0.25, 0.3) is 4.96 Å². The molecule has 8 heteroatoms. The summed E-state index contributed by atoms with van der Waals surface area (Å²) in [5.41, 5.74) is -0.124. The van der Waals surface area contributed by atoms with Crippen LogP contribution >= 0.6 is 11.3 Å². The van der Waals surface area contributed by atoms with Crippen molar-refractivity contribution >= 4 is 22.2 Å². The van der Waals surface area contributed by atoms with Crippen LogP contribution in [0, 0.1) is 12.7 Å². The van der Waals surface area contributed by atoms with E-state index >= 15 is 4.39 Å². The number of nitrogens with one attached hydrogen (secondary N) is 1. The van der Waals surface area contributed by atoms with Crippen molar-refractivity contribution in [1.29, 1.82) is 0 Å². The summed E-state index contributed by atoms with van der Waals surface area (Å²) in [6.45, 7) is 5.68. The molecule has 0 aliphatic rings. The van der Waals surface area contributed by atoms with Gasteiger partial charge in [0.1, 0.15) is 11.5 Å². The third-order valence-electron chi connectivity index (χ3n) is 4.30. The number of aryl methyl sites for hydroxylation is 2. The molecule has 2 heterocycles. The van der Waals surface area contributed by atoms with Crippen LogP contribution in [-0.2, 0) is 6.42 Å². The topological polar surface area (TPSA) is 63.5 Å². The molecule has 0 bridgehead atoms. The van der Waals surface area contributed by atoms with E-state index in [9.17, 15) is 14.0 Å². The van der Waals surface area contributed by atoms with Gasteiger partial charge in [0.15, 0.2) is 11.1 Å². The second-order valence-electron chi connectivity index (χ2n) is 6.03. The van der Waals surface area contributed by atoms with Crippen LogP contribution in [-0.4, -0.2) is 21.8 Å². The molecule has 3 aromatic rings. The molecule has 1 N–H and O–H groups in total. The lowest BCUT2D eigenvalue weighted by Crippen LogP contribution is -2.28. The molecule has 1 unspecified atom stereocenters. The minimum Gasteiger partial charge on any atom is -0.351 e. The Kier molecular flexibility index (Phi) is 5.36. The zero-order chi connectivity index (χ0) is 19.7. The molecule has 0 saturated heterocycles. The summed E-state index contributed by atoms with van der Waals surface area (Å²) in [6.07, 6.45) is -1.41. The summed E-state index contributed by atoms with van der Waals surface area (Å²) in [4.78, 5) is 29.9. The largest absolute Gasteiger partial charge is 0.351 e. The molecule has 0 radical (unpaired) electrons. The van der Waals surface area contributed by atoms with Crippen molar-refractivity contribution in [3.05, 3.63) is 67.8 Å². The standard InChI is InChI=1S/C19H19F2N3O2S/c1-4-11-7-6-8-12(20)15(11)16(21)13-9-14(25)24-17(18(26)22-5-2)10(3)27-19(24)23-13/h6-9,16H,4-5H2,1-3H3,(H,22,26). The number of nitrogens with zero attached hydrogens (tertiary/aromatic N) is 2. The summed E-state index contributed by atoms with van der Waals surface area (Å²) in [7, 11) is 0. The van der Waals surface area contributed by atoms with Gasteiger partial charge in [-0.25, -0.2) is 18.2 Å². The van der Waals surface area contributed by atoms with Gasteiger partial charge in [-0.3, -0.25) is 9.59 Å². The second kappa shape index (κ2) is 7.56. The van der Waals surface area contributed by atoms with Gasteiger partial charge in [0.25, 0.3) is 11.5 Å². The lowest BCUT2D eigenvalue weighted by atomic mass is 9.98. The number of halogens is 2. The van der Waals surface area contributed by atoms with Gasteiger partial charge in [0.05, 0.1) is 5.69 Å². The molecule has 3 rings (SSSR count). The maximum absolute atomic E-state index is 15.1. The zero-order valence-electron chi connectivity index (χ0n) is 15.2. The van der Waals surface area contributed by atoms with Crippen molar-refractivity contribution in [3.63, 3.8) is 0 Å². The Hall–Kier alpha value is -2.61. The zero-order valence-corrected chi connectivity index (χ0v) is 16.0. The number of thiazole rings is 1. The summed E-state index contributed by atoms with van der Waals surface area (Å²) in [6, 6.07) is 5.39. The minimum absolute atomic E-state index is 0.103. The van der Waals surface area contributed by atoms with Crippen molar-refractivity contribution in [2.24, 2.45) is 0 Å². The number of alkyl halides is 1. The normalized spacial score (nSPS) is 12.3. The fourth-order valence-corrected chi connectivity index (χ4v) is 4.03. The molecular formula is C19H19F2N3O2S. The number of hydrogen-bond acceptors (Lipinski definition) is 4. The van der Waals surface area contributed by atoms with E-state index in [0.29, 0.717) is 23.4 Å². The van der Waals surface area contributed by atoms with Gasteiger partial charge in [-0.1, -0.05) is 19.1 Å². The van der Waals surface area contributed by atoms with Gasteiger partial charge in [-0.15, -0.1) is 11.3 Å². The van der Waals surface area contributed by atoms with Crippen LogP contribution < -0.4 is 10.9 Å². The first kappa shape index (κ1) is 19.2. The van der Waals surface area contributed by atoms with E-state index in [0.717, 1.165) is 17.4 Å². The van der Waals surface area contributed by atoms with Crippen LogP contribution in [0.1, 0.15) is 52.2 Å². The summed E-state index contributed by atoms with van der Waals surface area (Å²) in [5, 5.41) is 2.65. The molecule has 0 aliphatic heterocycles. The van der Waals surface area contributed by atoms with Crippen molar-refractivity contribution in [2.45, 2.75) is 33.4 Å². The monoisotopic (exact) mass is 391 g/mol.